The molecule has 1 aliphatic rings. The van der Waals surface area contributed by atoms with E-state index in [4.69, 9.17) is 9.16 Å². The van der Waals surface area contributed by atoms with Crippen LogP contribution in [0.25, 0.3) is 0 Å². The van der Waals surface area contributed by atoms with Crippen molar-refractivity contribution in [2.75, 3.05) is 11.9 Å². The van der Waals surface area contributed by atoms with Crippen molar-refractivity contribution in [2.24, 2.45) is 0 Å². The third-order valence-corrected chi connectivity index (χ3v) is 9.66. The summed E-state index contributed by atoms with van der Waals surface area (Å²) in [6.07, 6.45) is -2.98. The molecule has 3 N–H and O–H groups in total. The molecule has 9 nitrogen and oxygen atoms in total. The van der Waals surface area contributed by atoms with Gasteiger partial charge in [-0.2, -0.15) is 4.98 Å². The van der Waals surface area contributed by atoms with Gasteiger partial charge in [0.15, 0.2) is 14.5 Å². The van der Waals surface area contributed by atoms with Gasteiger partial charge in [-0.3, -0.25) is 9.36 Å². The Kier molecular flexibility index (Phi) is 6.27. The van der Waals surface area contributed by atoms with E-state index in [2.05, 4.69) is 44.2 Å². The highest BCUT2D eigenvalue weighted by atomic mass is 28.4. The van der Waals surface area contributed by atoms with Crippen LogP contribution in [0.1, 0.15) is 33.9 Å². The molecule has 1 aliphatic heterocycles. The molecule has 10 heteroatoms. The van der Waals surface area contributed by atoms with Gasteiger partial charge < -0.3 is 24.7 Å². The standard InChI is InChI=1S/C17H29N3O6Si/c1-10(21)18-12-7-8-20(16(24)19-12)15-14(23)13(22)11(26-15)9-25-27(5,6)17(2,3)4/h7-8,11,13-15,22-23H,9H2,1-6H3,(H,18,19,21,24). The lowest BCUT2D eigenvalue weighted by molar-refractivity contribution is -0.114. The summed E-state index contributed by atoms with van der Waals surface area (Å²) in [6, 6.07) is 1.42. The average Bonchev–Trinajstić information content (AvgIpc) is 2.80. The average molecular weight is 400 g/mol. The van der Waals surface area contributed by atoms with E-state index in [9.17, 15) is 19.8 Å². The second-order valence-electron chi connectivity index (χ2n) is 8.30. The van der Waals surface area contributed by atoms with Crippen LogP contribution in [-0.2, 0) is 14.0 Å². The van der Waals surface area contributed by atoms with E-state index < -0.39 is 38.5 Å². The number of anilines is 1. The number of ether oxygens (including phenoxy) is 1. The molecule has 1 saturated heterocycles. The summed E-state index contributed by atoms with van der Waals surface area (Å²) in [7, 11) is -2.05. The predicted octanol–water partition coefficient (Wildman–Crippen LogP) is 0.843. The van der Waals surface area contributed by atoms with Crippen LogP contribution in [0, 0.1) is 0 Å². The van der Waals surface area contributed by atoms with Crippen molar-refractivity contribution in [3.8, 4) is 0 Å². The molecule has 0 saturated carbocycles. The molecule has 0 radical (unpaired) electrons. The Morgan fingerprint density at radius 1 is 1.37 bits per heavy atom. The van der Waals surface area contributed by atoms with Gasteiger partial charge in [0.1, 0.15) is 24.1 Å². The van der Waals surface area contributed by atoms with Crippen molar-refractivity contribution in [3.63, 3.8) is 0 Å². The first-order valence-corrected chi connectivity index (χ1v) is 11.8. The number of aliphatic hydroxyl groups is 2. The SMILES string of the molecule is CC(=O)Nc1ccn(C2OC(CO[Si](C)(C)C(C)(C)C)C(O)C2O)c(=O)n1. The molecule has 1 aromatic heterocycles. The Bertz CT molecular complexity index is 745. The van der Waals surface area contributed by atoms with Crippen molar-refractivity contribution in [2.45, 2.75) is 70.4 Å². The van der Waals surface area contributed by atoms with E-state index in [0.29, 0.717) is 0 Å². The Labute approximate surface area is 159 Å². The van der Waals surface area contributed by atoms with Crippen molar-refractivity contribution >= 4 is 20.0 Å². The highest BCUT2D eigenvalue weighted by Crippen LogP contribution is 2.37. The van der Waals surface area contributed by atoms with Crippen LogP contribution in [0.5, 0.6) is 0 Å². The number of nitrogens with zero attached hydrogens (tertiary/aromatic N) is 2. The number of hydrogen-bond donors (Lipinski definition) is 3. The Morgan fingerprint density at radius 2 is 2.00 bits per heavy atom. The molecule has 152 valence electrons. The fourth-order valence-electron chi connectivity index (χ4n) is 2.46. The van der Waals surface area contributed by atoms with Gasteiger partial charge in [-0.1, -0.05) is 20.8 Å². The summed E-state index contributed by atoms with van der Waals surface area (Å²) in [6.45, 7) is 11.9. The van der Waals surface area contributed by atoms with Gasteiger partial charge in [-0.05, 0) is 24.2 Å². The quantitative estimate of drug-likeness (QED) is 0.627. The lowest BCUT2D eigenvalue weighted by atomic mass is 10.1. The lowest BCUT2D eigenvalue weighted by Crippen LogP contribution is -2.44. The summed E-state index contributed by atoms with van der Waals surface area (Å²) in [4.78, 5) is 27.0. The molecule has 1 fully saturated rings. The minimum atomic E-state index is -2.05. The molecule has 4 atom stereocenters. The van der Waals surface area contributed by atoms with Crippen LogP contribution in [0.2, 0.25) is 18.1 Å². The van der Waals surface area contributed by atoms with Crippen LogP contribution >= 0.6 is 0 Å². The topological polar surface area (TPSA) is 123 Å². The fourth-order valence-corrected chi connectivity index (χ4v) is 3.47. The molecule has 0 aliphatic carbocycles. The first-order valence-electron chi connectivity index (χ1n) is 8.86. The number of nitrogens with one attached hydrogen (secondary N) is 1. The van der Waals surface area contributed by atoms with Gasteiger partial charge in [-0.25, -0.2) is 4.79 Å². The number of aliphatic hydroxyl groups excluding tert-OH is 2. The zero-order valence-corrected chi connectivity index (χ0v) is 17.6. The zero-order chi connectivity index (χ0) is 20.6. The number of carbonyl (C=O) groups is 1. The van der Waals surface area contributed by atoms with Crippen LogP contribution in [0.15, 0.2) is 17.1 Å². The minimum Gasteiger partial charge on any atom is -0.414 e. The maximum atomic E-state index is 12.2. The number of amides is 1. The monoisotopic (exact) mass is 399 g/mol. The molecule has 2 rings (SSSR count). The second-order valence-corrected chi connectivity index (χ2v) is 13.1. The third-order valence-electron chi connectivity index (χ3n) is 5.16. The third kappa shape index (κ3) is 4.82. The van der Waals surface area contributed by atoms with E-state index in [1.54, 1.807) is 0 Å². The van der Waals surface area contributed by atoms with Crippen molar-refractivity contribution < 1.29 is 24.2 Å². The van der Waals surface area contributed by atoms with Gasteiger partial charge in [0.05, 0.1) is 6.61 Å². The molecule has 1 amide bonds. The fraction of sp³-hybridized carbons (Fsp3) is 0.706. The molecule has 0 aromatic carbocycles. The summed E-state index contributed by atoms with van der Waals surface area (Å²) in [5.74, 6) is -0.246. The van der Waals surface area contributed by atoms with Crippen LogP contribution in [0.4, 0.5) is 5.82 Å². The molecule has 4 unspecified atom stereocenters. The normalized spacial score (nSPS) is 26.2. The number of carbonyl (C=O) groups excluding carboxylic acids is 1. The summed E-state index contributed by atoms with van der Waals surface area (Å²) < 4.78 is 12.9. The molecular weight excluding hydrogens is 370 g/mol. The molecule has 2 heterocycles. The summed E-state index contributed by atoms with van der Waals surface area (Å²) in [5, 5.41) is 23.1. The van der Waals surface area contributed by atoms with Gasteiger partial charge >= 0.3 is 5.69 Å². The number of aromatic nitrogens is 2. The highest BCUT2D eigenvalue weighted by molar-refractivity contribution is 6.74. The Balaban J connectivity index is 2.13. The molecular formula is C17H29N3O6Si. The predicted molar refractivity (Wildman–Crippen MR) is 102 cm³/mol. The smallest absolute Gasteiger partial charge is 0.351 e. The maximum absolute atomic E-state index is 12.2. The van der Waals surface area contributed by atoms with Crippen LogP contribution in [-0.4, -0.2) is 58.9 Å². The van der Waals surface area contributed by atoms with Crippen LogP contribution < -0.4 is 11.0 Å². The van der Waals surface area contributed by atoms with Gasteiger partial charge in [0, 0.05) is 13.1 Å². The van der Waals surface area contributed by atoms with Crippen LogP contribution in [0.3, 0.4) is 0 Å². The molecule has 1 aromatic rings. The van der Waals surface area contributed by atoms with E-state index in [1.807, 2.05) is 0 Å². The van der Waals surface area contributed by atoms with Gasteiger partial charge in [0.25, 0.3) is 0 Å². The lowest BCUT2D eigenvalue weighted by Gasteiger charge is -2.37. The first-order chi connectivity index (χ1) is 12.3. The highest BCUT2D eigenvalue weighted by Gasteiger charge is 2.46. The van der Waals surface area contributed by atoms with Gasteiger partial charge in [0.2, 0.25) is 5.91 Å². The largest absolute Gasteiger partial charge is 0.414 e. The number of rotatable bonds is 5. The first kappa shape index (κ1) is 21.7. The Hall–Kier alpha value is -1.59. The maximum Gasteiger partial charge on any atom is 0.351 e. The summed E-state index contributed by atoms with van der Waals surface area (Å²) in [5.41, 5.74) is -0.705. The van der Waals surface area contributed by atoms with E-state index in [0.717, 1.165) is 4.57 Å². The second kappa shape index (κ2) is 7.80. The molecule has 27 heavy (non-hydrogen) atoms. The number of hydrogen-bond acceptors (Lipinski definition) is 7. The zero-order valence-electron chi connectivity index (χ0n) is 16.6. The van der Waals surface area contributed by atoms with E-state index in [1.165, 1.54) is 19.2 Å². The van der Waals surface area contributed by atoms with Gasteiger partial charge in [-0.15, -0.1) is 0 Å². The van der Waals surface area contributed by atoms with E-state index in [-0.39, 0.29) is 23.4 Å². The summed E-state index contributed by atoms with van der Waals surface area (Å²) >= 11 is 0. The Morgan fingerprint density at radius 3 is 2.52 bits per heavy atom. The van der Waals surface area contributed by atoms with Crippen molar-refractivity contribution in [1.29, 1.82) is 0 Å². The minimum absolute atomic E-state index is 0.00498. The molecule has 0 bridgehead atoms. The van der Waals surface area contributed by atoms with Crippen molar-refractivity contribution in [1.82, 2.24) is 9.55 Å². The van der Waals surface area contributed by atoms with Crippen molar-refractivity contribution in [3.05, 3.63) is 22.7 Å². The van der Waals surface area contributed by atoms with E-state index >= 15 is 0 Å². The molecule has 0 spiro atoms.